The highest BCUT2D eigenvalue weighted by Gasteiger charge is 2.42. The van der Waals surface area contributed by atoms with Crippen molar-refractivity contribution in [3.05, 3.63) is 34.7 Å². The Bertz CT molecular complexity index is 792. The van der Waals surface area contributed by atoms with Crippen molar-refractivity contribution in [3.63, 3.8) is 0 Å². The Balaban J connectivity index is 1.14. The molecule has 0 unspecified atom stereocenters. The molecule has 1 saturated carbocycles. The number of hydrogen-bond donors (Lipinski definition) is 2. The van der Waals surface area contributed by atoms with Gasteiger partial charge in [0.05, 0.1) is 34.3 Å². The van der Waals surface area contributed by atoms with Gasteiger partial charge in [-0.2, -0.15) is 0 Å². The number of hydrogen-bond acceptors (Lipinski definition) is 6. The summed E-state index contributed by atoms with van der Waals surface area (Å²) in [5, 5.41) is 4.48. The molecule has 2 aromatic rings. The van der Waals surface area contributed by atoms with Crippen molar-refractivity contribution in [2.24, 2.45) is 17.8 Å². The second-order valence-corrected chi connectivity index (χ2v) is 8.69. The molecule has 6 nitrogen and oxygen atoms in total. The normalized spacial score (nSPS) is 22.3. The molecule has 8 heteroatoms. The maximum absolute atomic E-state index is 6.00. The monoisotopic (exact) mass is 420 g/mol. The summed E-state index contributed by atoms with van der Waals surface area (Å²) in [5.41, 5.74) is 6.57. The lowest BCUT2D eigenvalue weighted by Crippen LogP contribution is -2.35. The molecular weight excluding hydrogens is 395 g/mol. The van der Waals surface area contributed by atoms with Crippen LogP contribution in [0.3, 0.4) is 0 Å². The molecule has 3 N–H and O–H groups in total. The summed E-state index contributed by atoms with van der Waals surface area (Å²) in [6.45, 7) is 3.03. The van der Waals surface area contributed by atoms with Crippen molar-refractivity contribution in [2.45, 2.75) is 32.1 Å². The summed E-state index contributed by atoms with van der Waals surface area (Å²) in [7, 11) is 0. The molecule has 0 radical (unpaired) electrons. The molecule has 1 saturated heterocycles. The number of nitrogen functional groups attached to an aromatic ring is 1. The first kappa shape index (κ1) is 19.5. The van der Waals surface area contributed by atoms with Crippen molar-refractivity contribution in [1.82, 2.24) is 15.0 Å². The van der Waals surface area contributed by atoms with E-state index in [1.54, 1.807) is 18.6 Å². The van der Waals surface area contributed by atoms with Gasteiger partial charge in [0, 0.05) is 19.6 Å². The van der Waals surface area contributed by atoms with Gasteiger partial charge in [0.15, 0.2) is 0 Å². The molecule has 0 bridgehead atoms. The lowest BCUT2D eigenvalue weighted by atomic mass is 9.90. The Morgan fingerprint density at radius 2 is 1.86 bits per heavy atom. The highest BCUT2D eigenvalue weighted by Crippen LogP contribution is 2.50. The number of anilines is 3. The third-order valence-corrected chi connectivity index (χ3v) is 6.46. The SMILES string of the molecule is Nc1ncc(NCCC[C@@H]2C[C@@H]2C2CCN(c3ncc(Cl)cn3)CC2)cc1Cl. The fraction of sp³-hybridized carbons (Fsp3) is 0.550. The van der Waals surface area contributed by atoms with Crippen LogP contribution < -0.4 is 16.0 Å². The third kappa shape index (κ3) is 4.78. The van der Waals surface area contributed by atoms with Crippen LogP contribution in [0.4, 0.5) is 17.5 Å². The van der Waals surface area contributed by atoms with Gasteiger partial charge >= 0.3 is 0 Å². The summed E-state index contributed by atoms with van der Waals surface area (Å²) in [6.07, 6.45) is 11.4. The minimum Gasteiger partial charge on any atom is -0.384 e. The van der Waals surface area contributed by atoms with E-state index in [9.17, 15) is 0 Å². The van der Waals surface area contributed by atoms with Gasteiger partial charge in [-0.05, 0) is 55.9 Å². The highest BCUT2D eigenvalue weighted by molar-refractivity contribution is 6.33. The van der Waals surface area contributed by atoms with E-state index in [-0.39, 0.29) is 0 Å². The van der Waals surface area contributed by atoms with Crippen LogP contribution in [-0.4, -0.2) is 34.6 Å². The Labute approximate surface area is 175 Å². The predicted octanol–water partition coefficient (Wildman–Crippen LogP) is 4.51. The number of nitrogens with one attached hydrogen (secondary N) is 1. The number of pyridine rings is 1. The topological polar surface area (TPSA) is 80.0 Å². The predicted molar refractivity (Wildman–Crippen MR) is 115 cm³/mol. The van der Waals surface area contributed by atoms with E-state index >= 15 is 0 Å². The number of nitrogens with two attached hydrogens (primary N) is 1. The molecule has 2 aromatic heterocycles. The van der Waals surface area contributed by atoms with Crippen LogP contribution >= 0.6 is 23.2 Å². The Kier molecular flexibility index (Phi) is 6.07. The van der Waals surface area contributed by atoms with E-state index < -0.39 is 0 Å². The van der Waals surface area contributed by atoms with Crippen molar-refractivity contribution in [3.8, 4) is 0 Å². The number of halogens is 2. The Morgan fingerprint density at radius 3 is 2.57 bits per heavy atom. The fourth-order valence-corrected chi connectivity index (χ4v) is 4.58. The summed E-state index contributed by atoms with van der Waals surface area (Å²) in [6, 6.07) is 1.84. The molecule has 1 aliphatic carbocycles. The maximum atomic E-state index is 6.00. The third-order valence-electron chi connectivity index (χ3n) is 5.96. The van der Waals surface area contributed by atoms with Crippen molar-refractivity contribution >= 4 is 40.7 Å². The van der Waals surface area contributed by atoms with Crippen molar-refractivity contribution < 1.29 is 0 Å². The quantitative estimate of drug-likeness (QED) is 0.641. The average molecular weight is 421 g/mol. The molecule has 1 aliphatic heterocycles. The number of nitrogens with zero attached hydrogens (tertiary/aromatic N) is 4. The van der Waals surface area contributed by atoms with E-state index in [0.29, 0.717) is 15.9 Å². The van der Waals surface area contributed by atoms with Crippen LogP contribution in [0.25, 0.3) is 0 Å². The van der Waals surface area contributed by atoms with Gasteiger partial charge in [-0.3, -0.25) is 0 Å². The zero-order valence-corrected chi connectivity index (χ0v) is 17.3. The zero-order chi connectivity index (χ0) is 19.5. The van der Waals surface area contributed by atoms with Gasteiger partial charge in [-0.1, -0.05) is 23.2 Å². The summed E-state index contributed by atoms with van der Waals surface area (Å²) in [5.74, 6) is 3.82. The van der Waals surface area contributed by atoms with Gasteiger partial charge in [0.1, 0.15) is 5.82 Å². The lowest BCUT2D eigenvalue weighted by Gasteiger charge is -2.32. The number of piperidine rings is 1. The molecule has 0 spiro atoms. The molecule has 3 heterocycles. The Morgan fingerprint density at radius 1 is 1.11 bits per heavy atom. The van der Waals surface area contributed by atoms with E-state index in [4.69, 9.17) is 28.9 Å². The summed E-state index contributed by atoms with van der Waals surface area (Å²) >= 11 is 11.9. The van der Waals surface area contributed by atoms with Gasteiger partial charge < -0.3 is 16.0 Å². The lowest BCUT2D eigenvalue weighted by molar-refractivity contribution is 0.341. The van der Waals surface area contributed by atoms with Crippen LogP contribution in [0.5, 0.6) is 0 Å². The minimum absolute atomic E-state index is 0.377. The molecule has 0 amide bonds. The van der Waals surface area contributed by atoms with Crippen LogP contribution in [0.15, 0.2) is 24.7 Å². The molecule has 2 fully saturated rings. The summed E-state index contributed by atoms with van der Waals surface area (Å²) in [4.78, 5) is 15.0. The summed E-state index contributed by atoms with van der Waals surface area (Å²) < 4.78 is 0. The fourth-order valence-electron chi connectivity index (χ4n) is 4.32. The number of aromatic nitrogens is 3. The second kappa shape index (κ2) is 8.70. The number of rotatable bonds is 7. The van der Waals surface area contributed by atoms with Gasteiger partial charge in [0.2, 0.25) is 5.95 Å². The molecule has 150 valence electrons. The van der Waals surface area contributed by atoms with E-state index in [0.717, 1.165) is 49.0 Å². The zero-order valence-electron chi connectivity index (χ0n) is 15.8. The smallest absolute Gasteiger partial charge is 0.225 e. The maximum Gasteiger partial charge on any atom is 0.225 e. The van der Waals surface area contributed by atoms with Crippen LogP contribution in [0.2, 0.25) is 10.0 Å². The second-order valence-electron chi connectivity index (χ2n) is 7.85. The van der Waals surface area contributed by atoms with E-state index in [2.05, 4.69) is 25.2 Å². The molecule has 2 atom stereocenters. The first-order valence-electron chi connectivity index (χ1n) is 9.97. The molecule has 28 heavy (non-hydrogen) atoms. The van der Waals surface area contributed by atoms with Gasteiger partial charge in [-0.15, -0.1) is 0 Å². The minimum atomic E-state index is 0.377. The van der Waals surface area contributed by atoms with Crippen molar-refractivity contribution in [1.29, 1.82) is 0 Å². The molecule has 4 rings (SSSR count). The molecular formula is C20H26Cl2N6. The highest BCUT2D eigenvalue weighted by atomic mass is 35.5. The van der Waals surface area contributed by atoms with Crippen molar-refractivity contribution in [2.75, 3.05) is 35.6 Å². The van der Waals surface area contributed by atoms with Crippen LogP contribution in [0.1, 0.15) is 32.1 Å². The van der Waals surface area contributed by atoms with Gasteiger partial charge in [-0.25, -0.2) is 15.0 Å². The average Bonchev–Trinajstić information content (AvgIpc) is 3.48. The van der Waals surface area contributed by atoms with Gasteiger partial charge in [0.25, 0.3) is 0 Å². The van der Waals surface area contributed by atoms with E-state index in [1.807, 2.05) is 6.07 Å². The Hall–Kier alpha value is -1.79. The first-order chi connectivity index (χ1) is 13.6. The standard InChI is InChI=1S/C20H26Cl2N6/c21-15-10-26-20(27-11-15)28-6-3-13(4-7-28)17-8-14(17)2-1-5-24-16-9-18(22)19(23)25-12-16/h9-14,17,24H,1-8H2,(H2,23,25)/t14-,17-/m1/s1. The van der Waals surface area contributed by atoms with Crippen LogP contribution in [-0.2, 0) is 0 Å². The molecule has 0 aromatic carbocycles. The van der Waals surface area contributed by atoms with E-state index in [1.165, 1.54) is 32.1 Å². The first-order valence-corrected chi connectivity index (χ1v) is 10.7. The largest absolute Gasteiger partial charge is 0.384 e. The molecule has 2 aliphatic rings. The van der Waals surface area contributed by atoms with Crippen LogP contribution in [0, 0.1) is 17.8 Å².